The SMILES string of the molecule is COc1cc(N)c(C(=O)N2CC[C@H](O[Si](C)(C)C(C)(C)C)[C@H]2CO)cc1OC. The predicted octanol–water partition coefficient (Wildman–Crippen LogP) is 2.88. The number of hydrogen-bond donors (Lipinski definition) is 2. The van der Waals surface area contributed by atoms with E-state index in [1.165, 1.54) is 14.2 Å². The molecule has 1 fully saturated rings. The summed E-state index contributed by atoms with van der Waals surface area (Å²) < 4.78 is 17.0. The van der Waals surface area contributed by atoms with Crippen molar-refractivity contribution >= 4 is 19.9 Å². The van der Waals surface area contributed by atoms with Gasteiger partial charge in [-0.1, -0.05) is 20.8 Å². The molecule has 1 aliphatic rings. The van der Waals surface area contributed by atoms with Gasteiger partial charge in [-0.3, -0.25) is 4.79 Å². The van der Waals surface area contributed by atoms with Crippen molar-refractivity contribution in [1.29, 1.82) is 0 Å². The summed E-state index contributed by atoms with van der Waals surface area (Å²) >= 11 is 0. The van der Waals surface area contributed by atoms with Crippen LogP contribution in [0.5, 0.6) is 11.5 Å². The Morgan fingerprint density at radius 1 is 1.25 bits per heavy atom. The van der Waals surface area contributed by atoms with Crippen molar-refractivity contribution in [3.63, 3.8) is 0 Å². The Hall–Kier alpha value is -1.77. The number of rotatable bonds is 6. The molecule has 1 amide bonds. The number of nitrogens with two attached hydrogens (primary N) is 1. The molecule has 0 spiro atoms. The van der Waals surface area contributed by atoms with Gasteiger partial charge in [-0.2, -0.15) is 0 Å². The molecule has 2 rings (SSSR count). The van der Waals surface area contributed by atoms with E-state index < -0.39 is 14.4 Å². The molecular formula is C20H34N2O5Si. The molecule has 0 bridgehead atoms. The van der Waals surface area contributed by atoms with Gasteiger partial charge in [-0.25, -0.2) is 0 Å². The lowest BCUT2D eigenvalue weighted by molar-refractivity contribution is 0.0519. The molecule has 28 heavy (non-hydrogen) atoms. The van der Waals surface area contributed by atoms with E-state index in [0.29, 0.717) is 35.7 Å². The second kappa shape index (κ2) is 8.30. The van der Waals surface area contributed by atoms with Crippen LogP contribution in [0.1, 0.15) is 37.6 Å². The highest BCUT2D eigenvalue weighted by Crippen LogP contribution is 2.40. The van der Waals surface area contributed by atoms with Gasteiger partial charge in [0.25, 0.3) is 5.91 Å². The molecule has 1 aliphatic heterocycles. The topological polar surface area (TPSA) is 94.3 Å². The summed E-state index contributed by atoms with van der Waals surface area (Å²) in [6.45, 7) is 11.2. The molecule has 0 unspecified atom stereocenters. The van der Waals surface area contributed by atoms with Gasteiger partial charge in [0.2, 0.25) is 0 Å². The lowest BCUT2D eigenvalue weighted by Crippen LogP contribution is -2.49. The minimum atomic E-state index is -2.02. The van der Waals surface area contributed by atoms with Gasteiger partial charge >= 0.3 is 0 Å². The van der Waals surface area contributed by atoms with E-state index in [1.807, 2.05) is 0 Å². The zero-order valence-electron chi connectivity index (χ0n) is 18.0. The van der Waals surface area contributed by atoms with Crippen molar-refractivity contribution in [1.82, 2.24) is 4.90 Å². The minimum absolute atomic E-state index is 0.0538. The molecule has 3 N–H and O–H groups in total. The third kappa shape index (κ3) is 4.29. The molecule has 0 saturated carbocycles. The van der Waals surface area contributed by atoms with E-state index in [0.717, 1.165) is 0 Å². The number of ether oxygens (including phenoxy) is 2. The summed E-state index contributed by atoms with van der Waals surface area (Å²) in [6.07, 6.45) is 0.507. The molecule has 1 aromatic rings. The minimum Gasteiger partial charge on any atom is -0.493 e. The van der Waals surface area contributed by atoms with Crippen molar-refractivity contribution in [3.05, 3.63) is 17.7 Å². The lowest BCUT2D eigenvalue weighted by Gasteiger charge is -2.40. The Kier molecular flexibility index (Phi) is 6.68. The van der Waals surface area contributed by atoms with Crippen LogP contribution in [0, 0.1) is 0 Å². The number of aliphatic hydroxyl groups is 1. The van der Waals surface area contributed by atoms with E-state index in [4.69, 9.17) is 19.6 Å². The first-order chi connectivity index (χ1) is 13.0. The molecule has 0 aliphatic carbocycles. The molecule has 0 radical (unpaired) electrons. The number of likely N-dealkylation sites (tertiary alicyclic amines) is 1. The van der Waals surface area contributed by atoms with Gasteiger partial charge in [0.05, 0.1) is 38.5 Å². The van der Waals surface area contributed by atoms with Gasteiger partial charge in [0.1, 0.15) is 0 Å². The normalized spacial score (nSPS) is 20.4. The summed E-state index contributed by atoms with van der Waals surface area (Å²) in [5.74, 6) is 0.670. The van der Waals surface area contributed by atoms with Gasteiger partial charge < -0.3 is 29.6 Å². The highest BCUT2D eigenvalue weighted by molar-refractivity contribution is 6.74. The van der Waals surface area contributed by atoms with Crippen LogP contribution in [0.3, 0.4) is 0 Å². The second-order valence-electron chi connectivity index (χ2n) is 8.75. The van der Waals surface area contributed by atoms with Gasteiger partial charge in [0.15, 0.2) is 19.8 Å². The van der Waals surface area contributed by atoms with Crippen molar-refractivity contribution in [2.24, 2.45) is 0 Å². The first kappa shape index (κ1) is 22.5. The Balaban J connectivity index is 2.28. The van der Waals surface area contributed by atoms with E-state index in [9.17, 15) is 9.90 Å². The first-order valence-corrected chi connectivity index (χ1v) is 12.5. The average Bonchev–Trinajstić information content (AvgIpc) is 3.01. The van der Waals surface area contributed by atoms with Crippen molar-refractivity contribution in [2.75, 3.05) is 33.1 Å². The number of hydrogen-bond acceptors (Lipinski definition) is 6. The van der Waals surface area contributed by atoms with Crippen LogP contribution in [0.15, 0.2) is 12.1 Å². The number of nitrogen functional groups attached to an aromatic ring is 1. The number of anilines is 1. The monoisotopic (exact) mass is 410 g/mol. The molecule has 158 valence electrons. The summed E-state index contributed by atoms with van der Waals surface area (Å²) in [6, 6.07) is 2.78. The van der Waals surface area contributed by atoms with Crippen LogP contribution in [0.25, 0.3) is 0 Å². The van der Waals surface area contributed by atoms with Crippen LogP contribution < -0.4 is 15.2 Å². The largest absolute Gasteiger partial charge is 0.493 e. The fraction of sp³-hybridized carbons (Fsp3) is 0.650. The van der Waals surface area contributed by atoms with Crippen LogP contribution in [0.4, 0.5) is 5.69 Å². The quantitative estimate of drug-likeness (QED) is 0.553. The van der Waals surface area contributed by atoms with E-state index in [2.05, 4.69) is 33.9 Å². The summed E-state index contributed by atoms with van der Waals surface area (Å²) in [7, 11) is 1.01. The van der Waals surface area contributed by atoms with Crippen LogP contribution in [0.2, 0.25) is 18.1 Å². The zero-order chi connectivity index (χ0) is 21.3. The maximum absolute atomic E-state index is 13.2. The predicted molar refractivity (Wildman–Crippen MR) is 113 cm³/mol. The van der Waals surface area contributed by atoms with Crippen LogP contribution in [-0.2, 0) is 4.43 Å². The van der Waals surface area contributed by atoms with Crippen molar-refractivity contribution < 1.29 is 23.8 Å². The Labute approximate surface area is 168 Å². The standard InChI is InChI=1S/C20H34N2O5Si/c1-20(2,3)28(6,7)27-16-8-9-22(15(16)12-23)19(24)13-10-17(25-4)18(26-5)11-14(13)21/h10-11,15-16,23H,8-9,12,21H2,1-7H3/t15-,16+/m1/s1. The van der Waals surface area contributed by atoms with Gasteiger partial charge in [-0.05, 0) is 30.6 Å². The first-order valence-electron chi connectivity index (χ1n) is 9.58. The fourth-order valence-electron chi connectivity index (χ4n) is 3.22. The zero-order valence-corrected chi connectivity index (χ0v) is 19.0. The van der Waals surface area contributed by atoms with E-state index >= 15 is 0 Å². The summed E-state index contributed by atoms with van der Waals surface area (Å²) in [5.41, 5.74) is 6.75. The third-order valence-electron chi connectivity index (χ3n) is 5.97. The molecule has 8 heteroatoms. The lowest BCUT2D eigenvalue weighted by atomic mass is 10.1. The van der Waals surface area contributed by atoms with E-state index in [-0.39, 0.29) is 23.7 Å². The molecule has 1 saturated heterocycles. The fourth-order valence-corrected chi connectivity index (χ4v) is 4.61. The summed E-state index contributed by atoms with van der Waals surface area (Å²) in [4.78, 5) is 14.9. The second-order valence-corrected chi connectivity index (χ2v) is 13.5. The Morgan fingerprint density at radius 2 is 1.82 bits per heavy atom. The van der Waals surface area contributed by atoms with Gasteiger partial charge in [-0.15, -0.1) is 0 Å². The number of carbonyl (C=O) groups is 1. The number of aliphatic hydroxyl groups excluding tert-OH is 1. The number of benzene rings is 1. The van der Waals surface area contributed by atoms with E-state index in [1.54, 1.807) is 17.0 Å². The van der Waals surface area contributed by atoms with Crippen molar-refractivity contribution in [3.8, 4) is 11.5 Å². The third-order valence-corrected chi connectivity index (χ3v) is 10.5. The molecule has 0 aromatic heterocycles. The highest BCUT2D eigenvalue weighted by atomic mass is 28.4. The molecule has 2 atom stereocenters. The smallest absolute Gasteiger partial charge is 0.256 e. The average molecular weight is 411 g/mol. The van der Waals surface area contributed by atoms with Crippen LogP contribution in [-0.4, -0.2) is 63.7 Å². The molecule has 1 aromatic carbocycles. The maximum atomic E-state index is 13.2. The van der Waals surface area contributed by atoms with Crippen molar-refractivity contribution in [2.45, 2.75) is 57.5 Å². The molecule has 7 nitrogen and oxygen atoms in total. The Bertz CT molecular complexity index is 717. The van der Waals surface area contributed by atoms with Gasteiger partial charge in [0, 0.05) is 18.3 Å². The van der Waals surface area contributed by atoms with Crippen LogP contribution >= 0.6 is 0 Å². The highest BCUT2D eigenvalue weighted by Gasteiger charge is 2.45. The number of amides is 1. The number of methoxy groups -OCH3 is 2. The maximum Gasteiger partial charge on any atom is 0.256 e. The number of nitrogens with zero attached hydrogens (tertiary/aromatic N) is 1. The Morgan fingerprint density at radius 3 is 2.32 bits per heavy atom. The molecule has 1 heterocycles. The molecular weight excluding hydrogens is 376 g/mol. The number of carbonyl (C=O) groups excluding carboxylic acids is 1. The summed E-state index contributed by atoms with van der Waals surface area (Å²) in [5, 5.41) is 10.1.